The third-order valence-corrected chi connectivity index (χ3v) is 12.5. The molecule has 22 heteroatoms. The van der Waals surface area contributed by atoms with Gasteiger partial charge in [-0.2, -0.15) is 0 Å². The Kier molecular flexibility index (Phi) is 19.7. The van der Waals surface area contributed by atoms with Gasteiger partial charge >= 0.3 is 24.1 Å². The molecule has 392 valence electrons. The smallest absolute Gasteiger partial charge is 0.324 e. The highest BCUT2D eigenvalue weighted by molar-refractivity contribution is 5.96. The first-order valence-electron chi connectivity index (χ1n) is 23.6. The number of aliphatic hydroxyl groups excluding tert-OH is 5. The number of amides is 8. The normalized spacial score (nSPS) is 14.8. The Bertz CT molecular complexity index is 2500. The summed E-state index contributed by atoms with van der Waals surface area (Å²) in [4.78, 5) is 57.4. The highest BCUT2D eigenvalue weighted by Crippen LogP contribution is 2.33. The number of urea groups is 4. The number of benzene rings is 4. The highest BCUT2D eigenvalue weighted by Gasteiger charge is 2.33. The molecule has 8 amide bonds. The van der Waals surface area contributed by atoms with E-state index in [1.54, 1.807) is 42.6 Å². The number of hydrogen-bond acceptors (Lipinski definition) is 14. The van der Waals surface area contributed by atoms with E-state index in [0.717, 1.165) is 67.8 Å². The van der Waals surface area contributed by atoms with Crippen LogP contribution in [0.25, 0.3) is 0 Å². The molecule has 4 aliphatic heterocycles. The van der Waals surface area contributed by atoms with Crippen LogP contribution in [0.5, 0.6) is 0 Å². The molecule has 0 saturated carbocycles. The van der Waals surface area contributed by atoms with Crippen LogP contribution in [-0.4, -0.2) is 180 Å². The predicted molar refractivity (Wildman–Crippen MR) is 281 cm³/mol. The topological polar surface area (TPSA) is 281 Å². The lowest BCUT2D eigenvalue weighted by Crippen LogP contribution is -2.52. The molecule has 4 aliphatic rings. The van der Waals surface area contributed by atoms with E-state index in [0.29, 0.717) is 39.3 Å². The molecule has 0 aliphatic carbocycles. The summed E-state index contributed by atoms with van der Waals surface area (Å²) >= 11 is 0. The molecule has 4 aromatic rings. The minimum absolute atomic E-state index is 0.0104. The van der Waals surface area contributed by atoms with Crippen molar-refractivity contribution in [3.63, 3.8) is 0 Å². The monoisotopic (exact) mass is 1000 g/mol. The molecule has 0 radical (unpaired) electrons. The van der Waals surface area contributed by atoms with Crippen molar-refractivity contribution in [1.82, 2.24) is 19.6 Å². The molecule has 0 spiro atoms. The Balaban J connectivity index is 0.000000178. The zero-order valence-electron chi connectivity index (χ0n) is 42.4. The zero-order chi connectivity index (χ0) is 52.9. The first kappa shape index (κ1) is 55.8. The third kappa shape index (κ3) is 13.7. The van der Waals surface area contributed by atoms with Crippen LogP contribution < -0.4 is 41.7 Å². The number of nitrogens with zero attached hydrogens (tertiary/aromatic N) is 6. The van der Waals surface area contributed by atoms with Crippen molar-refractivity contribution in [2.45, 2.75) is 57.7 Å². The van der Waals surface area contributed by atoms with Gasteiger partial charge in [0.2, 0.25) is 0 Å². The molecular weight excluding hydrogens is 929 g/mol. The number of anilines is 8. The predicted octanol–water partition coefficient (Wildman–Crippen LogP) is 3.82. The van der Waals surface area contributed by atoms with E-state index in [2.05, 4.69) is 31.9 Å². The molecule has 0 fully saturated rings. The maximum atomic E-state index is 12.3. The minimum Gasteiger partial charge on any atom is -0.395 e. The van der Waals surface area contributed by atoms with Crippen LogP contribution in [0.1, 0.15) is 36.1 Å². The van der Waals surface area contributed by atoms with Crippen LogP contribution in [0, 0.1) is 0 Å². The quantitative estimate of drug-likeness (QED) is 0.0857. The number of nitrogens with one attached hydrogen (secondary N) is 6. The molecule has 12 N–H and O–H groups in total. The first-order chi connectivity index (χ1) is 34.4. The maximum absolute atomic E-state index is 12.3. The minimum atomic E-state index is -0.889. The Morgan fingerprint density at radius 2 is 0.917 bits per heavy atom. The summed E-state index contributed by atoms with van der Waals surface area (Å²) in [5.74, 6) is 0. The Hall–Kier alpha value is -7.08. The number of rotatable bonds is 14. The average molecular weight is 1000 g/mol. The van der Waals surface area contributed by atoms with Gasteiger partial charge in [-0.25, -0.2) is 19.2 Å². The maximum Gasteiger partial charge on any atom is 0.324 e. The van der Waals surface area contributed by atoms with Crippen LogP contribution in [-0.2, 0) is 26.2 Å². The lowest BCUT2D eigenvalue weighted by molar-refractivity contribution is 0.0462. The lowest BCUT2D eigenvalue weighted by Gasteiger charge is -2.38. The standard InChI is InChI=1S/C13H19N3O3.C13H19N3O2.C12H17N3O3.C12H17N3O2/c1-14-10-4-3-9-6-16(11(7-17)8-18)13(19)15(2)12(9)5-10;1-13(2,18)8-16-7-9-4-5-10(14-3)6-11(9)15-12(16)17;1-13-9-3-2-8-5-15(10(6-16)7-17)12(18)14-11(8)4-9;1-13-10-4-3-9-8-15(5-6-16)12(17)14(2)11(9)7-10/h3-5,11,14,17-18H,6-8H2,1-2H3;4-6,14,18H,7-8H2,1-3H3,(H,15,17);2-4,10,13,16-17H,5-7H2,1H3,(H,14,18);3-4,7,13,16H,5-6,8H2,1-2H3. The third-order valence-electron chi connectivity index (χ3n) is 12.5. The fourth-order valence-electron chi connectivity index (χ4n) is 8.33. The SMILES string of the molecule is CNc1ccc2c(c1)N(C)C(=O)N(C(CO)CO)C2.CNc1ccc2c(c1)N(C)C(=O)N(CCO)C2.CNc1ccc2c(c1)NC(=O)N(C(CO)CO)C2.CNc1ccc2c(c1)NC(=O)N(CC(C)(C)O)C2. The molecule has 0 aromatic heterocycles. The number of aliphatic hydroxyl groups is 6. The van der Waals surface area contributed by atoms with E-state index in [9.17, 15) is 34.5 Å². The van der Waals surface area contributed by atoms with Crippen LogP contribution in [0.4, 0.5) is 64.7 Å². The fourth-order valence-corrected chi connectivity index (χ4v) is 8.33. The van der Waals surface area contributed by atoms with Gasteiger partial charge in [-0.05, 0) is 84.6 Å². The highest BCUT2D eigenvalue weighted by atomic mass is 16.3. The molecule has 0 bridgehead atoms. The van der Waals surface area contributed by atoms with Crippen molar-refractivity contribution in [3.05, 3.63) is 95.1 Å². The van der Waals surface area contributed by atoms with E-state index < -0.39 is 17.7 Å². The van der Waals surface area contributed by atoms with Gasteiger partial charge in [-0.1, -0.05) is 24.3 Å². The van der Waals surface area contributed by atoms with Crippen molar-refractivity contribution in [2.24, 2.45) is 0 Å². The summed E-state index contributed by atoms with van der Waals surface area (Å²) in [6.45, 7) is 4.91. The van der Waals surface area contributed by atoms with Gasteiger partial charge in [0.25, 0.3) is 0 Å². The molecule has 8 rings (SSSR count). The molecule has 0 saturated heterocycles. The van der Waals surface area contributed by atoms with Crippen LogP contribution in [0.15, 0.2) is 72.8 Å². The Labute approximate surface area is 420 Å². The number of carbonyl (C=O) groups excluding carboxylic acids is 4. The van der Waals surface area contributed by atoms with Gasteiger partial charge in [-0.15, -0.1) is 0 Å². The fraction of sp³-hybridized carbons (Fsp3) is 0.440. The second kappa shape index (κ2) is 25.3. The summed E-state index contributed by atoms with van der Waals surface area (Å²) in [6.07, 6.45) is 0. The van der Waals surface area contributed by atoms with Crippen LogP contribution >= 0.6 is 0 Å². The van der Waals surface area contributed by atoms with E-state index in [4.69, 9.17) is 15.3 Å². The van der Waals surface area contributed by atoms with Gasteiger partial charge in [0.05, 0.1) is 68.6 Å². The van der Waals surface area contributed by atoms with Gasteiger partial charge in [0.15, 0.2) is 0 Å². The number of fused-ring (bicyclic) bond motifs is 4. The van der Waals surface area contributed by atoms with E-state index >= 15 is 0 Å². The largest absolute Gasteiger partial charge is 0.395 e. The lowest BCUT2D eigenvalue weighted by atomic mass is 10.1. The molecule has 0 unspecified atom stereocenters. The first-order valence-corrected chi connectivity index (χ1v) is 23.6. The summed E-state index contributed by atoms with van der Waals surface area (Å²) < 4.78 is 0. The van der Waals surface area contributed by atoms with E-state index in [1.807, 2.05) is 101 Å². The summed E-state index contributed by atoms with van der Waals surface area (Å²) in [5, 5.41) is 73.2. The van der Waals surface area contributed by atoms with Crippen molar-refractivity contribution in [1.29, 1.82) is 0 Å². The second-order valence-electron chi connectivity index (χ2n) is 18.1. The molecule has 72 heavy (non-hydrogen) atoms. The number of carbonyl (C=O) groups is 4. The Morgan fingerprint density at radius 3 is 1.38 bits per heavy atom. The summed E-state index contributed by atoms with van der Waals surface area (Å²) in [5.41, 5.74) is 10.4. The van der Waals surface area contributed by atoms with Crippen LogP contribution in [0.2, 0.25) is 0 Å². The molecule has 22 nitrogen and oxygen atoms in total. The van der Waals surface area contributed by atoms with Crippen molar-refractivity contribution >= 4 is 69.6 Å². The van der Waals surface area contributed by atoms with Crippen LogP contribution in [0.3, 0.4) is 0 Å². The number of hydrogen-bond donors (Lipinski definition) is 12. The van der Waals surface area contributed by atoms with Gasteiger partial charge < -0.3 is 82.1 Å². The van der Waals surface area contributed by atoms with E-state index in [1.165, 1.54) is 14.7 Å². The molecule has 4 aromatic carbocycles. The molecule has 0 atom stereocenters. The summed E-state index contributed by atoms with van der Waals surface area (Å²) in [6, 6.07) is 21.4. The van der Waals surface area contributed by atoms with Gasteiger partial charge in [-0.3, -0.25) is 9.80 Å². The second-order valence-corrected chi connectivity index (χ2v) is 18.1. The van der Waals surface area contributed by atoms with Crippen molar-refractivity contribution in [2.75, 3.05) is 130 Å². The number of β-amino-alcohol motifs (C(OH)–C–C–N with tert-alkyl or cyclic N) is 2. The zero-order valence-corrected chi connectivity index (χ0v) is 42.4. The van der Waals surface area contributed by atoms with Gasteiger partial charge in [0.1, 0.15) is 0 Å². The van der Waals surface area contributed by atoms with Gasteiger partial charge in [0, 0.05) is 109 Å². The molecule has 4 heterocycles. The summed E-state index contributed by atoms with van der Waals surface area (Å²) in [7, 11) is 10.8. The van der Waals surface area contributed by atoms with E-state index in [-0.39, 0.29) is 57.2 Å². The molecular formula is C50H72N12O10. The average Bonchev–Trinajstić information content (AvgIpc) is 3.37. The van der Waals surface area contributed by atoms with Crippen molar-refractivity contribution in [3.8, 4) is 0 Å². The van der Waals surface area contributed by atoms with Crippen molar-refractivity contribution < 1.29 is 49.8 Å². The Morgan fingerprint density at radius 1 is 0.528 bits per heavy atom.